The van der Waals surface area contributed by atoms with Crippen LogP contribution in [0, 0.1) is 23.4 Å². The molecule has 0 aromatic heterocycles. The standard InChI is InChI=1S/C20H26F3N3O4/c1-20(2,3)30-19(29)26-8-6-12(7-9-26)10-15(27)24-11-16(28)25-14-5-4-13(21)17(22)18(14)23/h4-5,12H,6-11H2,1-3H3,(H,24,27)(H,25,28). The number of hydrogen-bond donors (Lipinski definition) is 2. The summed E-state index contributed by atoms with van der Waals surface area (Å²) >= 11 is 0. The molecule has 0 bridgehead atoms. The van der Waals surface area contributed by atoms with Crippen LogP contribution in [0.15, 0.2) is 12.1 Å². The highest BCUT2D eigenvalue weighted by Crippen LogP contribution is 2.22. The van der Waals surface area contributed by atoms with E-state index in [9.17, 15) is 27.6 Å². The topological polar surface area (TPSA) is 87.7 Å². The maximum Gasteiger partial charge on any atom is 0.410 e. The maximum absolute atomic E-state index is 13.6. The molecule has 1 fully saturated rings. The fraction of sp³-hybridized carbons (Fsp3) is 0.550. The summed E-state index contributed by atoms with van der Waals surface area (Å²) in [6, 6.07) is 1.59. The van der Waals surface area contributed by atoms with E-state index in [2.05, 4.69) is 10.6 Å². The average molecular weight is 429 g/mol. The van der Waals surface area contributed by atoms with Gasteiger partial charge in [0.25, 0.3) is 0 Å². The third-order valence-corrected chi connectivity index (χ3v) is 4.50. The summed E-state index contributed by atoms with van der Waals surface area (Å²) in [7, 11) is 0. The lowest BCUT2D eigenvalue weighted by molar-refractivity contribution is -0.125. The first kappa shape index (κ1) is 23.5. The Bertz CT molecular complexity index is 803. The minimum absolute atomic E-state index is 0.0513. The van der Waals surface area contributed by atoms with E-state index in [1.807, 2.05) is 0 Å². The molecule has 1 aromatic carbocycles. The van der Waals surface area contributed by atoms with E-state index in [0.717, 1.165) is 6.07 Å². The Kier molecular flexibility index (Phi) is 7.69. The number of carbonyl (C=O) groups is 3. The number of carbonyl (C=O) groups excluding carboxylic acids is 3. The van der Waals surface area contributed by atoms with Gasteiger partial charge in [0.2, 0.25) is 11.8 Å². The second kappa shape index (κ2) is 9.82. The molecular weight excluding hydrogens is 403 g/mol. The van der Waals surface area contributed by atoms with Crippen molar-refractivity contribution in [3.63, 3.8) is 0 Å². The van der Waals surface area contributed by atoms with Crippen molar-refractivity contribution in [2.75, 3.05) is 25.0 Å². The van der Waals surface area contributed by atoms with Crippen molar-refractivity contribution in [3.05, 3.63) is 29.6 Å². The zero-order chi connectivity index (χ0) is 22.5. The van der Waals surface area contributed by atoms with Gasteiger partial charge < -0.3 is 20.3 Å². The molecule has 166 valence electrons. The van der Waals surface area contributed by atoms with E-state index < -0.39 is 41.2 Å². The Morgan fingerprint density at radius 3 is 2.30 bits per heavy atom. The minimum Gasteiger partial charge on any atom is -0.444 e. The number of halogens is 3. The molecule has 2 rings (SSSR count). The number of nitrogens with zero attached hydrogens (tertiary/aromatic N) is 1. The molecule has 1 aliphatic heterocycles. The number of benzene rings is 1. The lowest BCUT2D eigenvalue weighted by Gasteiger charge is -2.33. The quantitative estimate of drug-likeness (QED) is 0.704. The molecule has 1 saturated heterocycles. The highest BCUT2D eigenvalue weighted by Gasteiger charge is 2.27. The maximum atomic E-state index is 13.6. The number of nitrogens with one attached hydrogen (secondary N) is 2. The van der Waals surface area contributed by atoms with Crippen molar-refractivity contribution in [1.82, 2.24) is 10.2 Å². The van der Waals surface area contributed by atoms with Gasteiger partial charge in [0.1, 0.15) is 5.60 Å². The molecular formula is C20H26F3N3O4. The van der Waals surface area contributed by atoms with E-state index in [-0.39, 0.29) is 24.3 Å². The van der Waals surface area contributed by atoms with Gasteiger partial charge in [0, 0.05) is 19.5 Å². The molecule has 30 heavy (non-hydrogen) atoms. The van der Waals surface area contributed by atoms with Gasteiger partial charge >= 0.3 is 6.09 Å². The Hall–Kier alpha value is -2.78. The summed E-state index contributed by atoms with van der Waals surface area (Å²) in [5, 5.41) is 4.49. The van der Waals surface area contributed by atoms with Gasteiger partial charge in [-0.1, -0.05) is 0 Å². The van der Waals surface area contributed by atoms with Crippen molar-refractivity contribution in [2.45, 2.75) is 45.6 Å². The average Bonchev–Trinajstić information content (AvgIpc) is 2.66. The molecule has 0 radical (unpaired) electrons. The number of ether oxygens (including phenoxy) is 1. The van der Waals surface area contributed by atoms with Crippen molar-refractivity contribution in [1.29, 1.82) is 0 Å². The normalized spacial score (nSPS) is 14.9. The molecule has 1 aromatic rings. The van der Waals surface area contributed by atoms with Crippen LogP contribution in [0.1, 0.15) is 40.0 Å². The summed E-state index contributed by atoms with van der Waals surface area (Å²) in [6.45, 7) is 5.89. The molecule has 0 spiro atoms. The Balaban J connectivity index is 1.72. The second-order valence-electron chi connectivity index (χ2n) is 8.16. The SMILES string of the molecule is CC(C)(C)OC(=O)N1CCC(CC(=O)NCC(=O)Nc2ccc(F)c(F)c2F)CC1. The Labute approximate surface area is 172 Å². The minimum atomic E-state index is -1.69. The first-order chi connectivity index (χ1) is 14.0. The van der Waals surface area contributed by atoms with Crippen molar-refractivity contribution in [3.8, 4) is 0 Å². The fourth-order valence-corrected chi connectivity index (χ4v) is 2.98. The molecule has 2 N–H and O–H groups in total. The van der Waals surface area contributed by atoms with Crippen molar-refractivity contribution >= 4 is 23.6 Å². The van der Waals surface area contributed by atoms with Crippen LogP contribution in [0.4, 0.5) is 23.7 Å². The molecule has 1 heterocycles. The monoisotopic (exact) mass is 429 g/mol. The first-order valence-corrected chi connectivity index (χ1v) is 9.64. The fourth-order valence-electron chi connectivity index (χ4n) is 2.98. The van der Waals surface area contributed by atoms with Gasteiger partial charge in [0.15, 0.2) is 17.5 Å². The van der Waals surface area contributed by atoms with E-state index in [0.29, 0.717) is 32.0 Å². The zero-order valence-electron chi connectivity index (χ0n) is 17.2. The number of likely N-dealkylation sites (tertiary alicyclic amines) is 1. The molecule has 0 saturated carbocycles. The summed E-state index contributed by atoms with van der Waals surface area (Å²) in [4.78, 5) is 37.5. The van der Waals surface area contributed by atoms with Crippen LogP contribution in [-0.2, 0) is 14.3 Å². The lowest BCUT2D eigenvalue weighted by atomic mass is 9.93. The van der Waals surface area contributed by atoms with Gasteiger partial charge in [-0.15, -0.1) is 0 Å². The van der Waals surface area contributed by atoms with Gasteiger partial charge in [-0.2, -0.15) is 0 Å². The van der Waals surface area contributed by atoms with Crippen molar-refractivity contribution < 1.29 is 32.3 Å². The molecule has 7 nitrogen and oxygen atoms in total. The molecule has 0 aliphatic carbocycles. The van der Waals surface area contributed by atoms with Crippen LogP contribution in [0.2, 0.25) is 0 Å². The van der Waals surface area contributed by atoms with Gasteiger partial charge in [-0.25, -0.2) is 18.0 Å². The third kappa shape index (κ3) is 6.93. The zero-order valence-corrected chi connectivity index (χ0v) is 17.2. The lowest BCUT2D eigenvalue weighted by Crippen LogP contribution is -2.42. The van der Waals surface area contributed by atoms with E-state index in [4.69, 9.17) is 4.74 Å². The summed E-state index contributed by atoms with van der Waals surface area (Å²) in [6.07, 6.45) is 1.04. The summed E-state index contributed by atoms with van der Waals surface area (Å²) in [5.41, 5.74) is -1.08. The Morgan fingerprint density at radius 1 is 1.07 bits per heavy atom. The largest absolute Gasteiger partial charge is 0.444 e. The predicted octanol–water partition coefficient (Wildman–Crippen LogP) is 3.20. The second-order valence-corrected chi connectivity index (χ2v) is 8.16. The molecule has 10 heteroatoms. The molecule has 1 aliphatic rings. The third-order valence-electron chi connectivity index (χ3n) is 4.50. The number of anilines is 1. The number of piperidine rings is 1. The molecule has 0 unspecified atom stereocenters. The van der Waals surface area contributed by atoms with Crippen LogP contribution in [0.25, 0.3) is 0 Å². The van der Waals surface area contributed by atoms with Crippen LogP contribution in [-0.4, -0.2) is 48.0 Å². The van der Waals surface area contributed by atoms with Crippen LogP contribution in [0.5, 0.6) is 0 Å². The van der Waals surface area contributed by atoms with Crippen LogP contribution < -0.4 is 10.6 Å². The smallest absolute Gasteiger partial charge is 0.410 e. The molecule has 0 atom stereocenters. The summed E-state index contributed by atoms with van der Waals surface area (Å²) < 4.78 is 45.0. The van der Waals surface area contributed by atoms with Gasteiger partial charge in [-0.3, -0.25) is 9.59 Å². The highest BCUT2D eigenvalue weighted by molar-refractivity contribution is 5.94. The summed E-state index contributed by atoms with van der Waals surface area (Å²) in [5.74, 6) is -5.65. The first-order valence-electron chi connectivity index (χ1n) is 9.64. The van der Waals surface area contributed by atoms with Crippen LogP contribution in [0.3, 0.4) is 0 Å². The van der Waals surface area contributed by atoms with Gasteiger partial charge in [0.05, 0.1) is 12.2 Å². The predicted molar refractivity (Wildman–Crippen MR) is 103 cm³/mol. The number of amides is 3. The van der Waals surface area contributed by atoms with Crippen LogP contribution >= 0.6 is 0 Å². The Morgan fingerprint density at radius 2 is 1.70 bits per heavy atom. The van der Waals surface area contributed by atoms with E-state index in [1.54, 1.807) is 25.7 Å². The number of rotatable bonds is 5. The number of hydrogen-bond acceptors (Lipinski definition) is 4. The van der Waals surface area contributed by atoms with E-state index in [1.165, 1.54) is 0 Å². The molecule has 3 amide bonds. The van der Waals surface area contributed by atoms with Crippen molar-refractivity contribution in [2.24, 2.45) is 5.92 Å². The van der Waals surface area contributed by atoms with E-state index >= 15 is 0 Å². The van der Waals surface area contributed by atoms with Gasteiger partial charge in [-0.05, 0) is 51.7 Å². The highest BCUT2D eigenvalue weighted by atomic mass is 19.2.